The Labute approximate surface area is 116 Å². The molecule has 2 atom stereocenters. The largest absolute Gasteiger partial charge is 0.481 e. The topological polar surface area (TPSA) is 106 Å². The number of nitrogens with zero attached hydrogens (tertiary/aromatic N) is 1. The molecule has 108 valence electrons. The van der Waals surface area contributed by atoms with Crippen molar-refractivity contribution in [1.82, 2.24) is 10.3 Å². The quantitative estimate of drug-likeness (QED) is 0.759. The van der Waals surface area contributed by atoms with Crippen LogP contribution >= 0.6 is 0 Å². The van der Waals surface area contributed by atoms with E-state index in [1.165, 1.54) is 13.3 Å². The normalized spacial score (nSPS) is 21.2. The van der Waals surface area contributed by atoms with Crippen LogP contribution in [-0.4, -0.2) is 30.1 Å². The van der Waals surface area contributed by atoms with Crippen molar-refractivity contribution in [2.24, 2.45) is 11.7 Å². The van der Waals surface area contributed by atoms with Crippen LogP contribution in [0.1, 0.15) is 19.3 Å². The molecule has 1 saturated carbocycles. The van der Waals surface area contributed by atoms with Crippen LogP contribution in [0.15, 0.2) is 18.3 Å². The summed E-state index contributed by atoms with van der Waals surface area (Å²) in [6.45, 7) is 0. The predicted octanol–water partition coefficient (Wildman–Crippen LogP) is 0.866. The summed E-state index contributed by atoms with van der Waals surface area (Å²) in [4.78, 5) is 27.1. The summed E-state index contributed by atoms with van der Waals surface area (Å²) < 4.78 is 4.93. The molecule has 2 rings (SSSR count). The smallest absolute Gasteiger partial charge is 0.319 e. The molecule has 0 aromatic carbocycles. The molecule has 1 fully saturated rings. The van der Waals surface area contributed by atoms with Crippen LogP contribution in [0.3, 0.4) is 0 Å². The first-order valence-electron chi connectivity index (χ1n) is 6.47. The minimum absolute atomic E-state index is 0.196. The predicted molar refractivity (Wildman–Crippen MR) is 73.3 cm³/mol. The third kappa shape index (κ3) is 3.37. The molecule has 4 N–H and O–H groups in total. The van der Waals surface area contributed by atoms with Crippen molar-refractivity contribution < 1.29 is 14.3 Å². The van der Waals surface area contributed by atoms with Gasteiger partial charge in [0.2, 0.25) is 11.8 Å². The number of nitrogens with two attached hydrogens (primary N) is 1. The summed E-state index contributed by atoms with van der Waals surface area (Å²) in [7, 11) is 1.52. The summed E-state index contributed by atoms with van der Waals surface area (Å²) >= 11 is 0. The van der Waals surface area contributed by atoms with Gasteiger partial charge >= 0.3 is 6.03 Å². The van der Waals surface area contributed by atoms with E-state index >= 15 is 0 Å². The summed E-state index contributed by atoms with van der Waals surface area (Å²) in [5, 5.41) is 5.44. The Morgan fingerprint density at radius 3 is 2.80 bits per heavy atom. The van der Waals surface area contributed by atoms with Crippen LogP contribution in [-0.2, 0) is 4.79 Å². The van der Waals surface area contributed by atoms with E-state index in [0.29, 0.717) is 11.6 Å². The zero-order valence-electron chi connectivity index (χ0n) is 11.3. The van der Waals surface area contributed by atoms with Crippen molar-refractivity contribution in [3.8, 4) is 5.88 Å². The van der Waals surface area contributed by atoms with Crippen LogP contribution in [0.25, 0.3) is 0 Å². The average molecular weight is 278 g/mol. The van der Waals surface area contributed by atoms with E-state index in [9.17, 15) is 9.59 Å². The van der Waals surface area contributed by atoms with Crippen molar-refractivity contribution in [2.45, 2.75) is 25.3 Å². The molecule has 0 radical (unpaired) electrons. The van der Waals surface area contributed by atoms with E-state index in [1.807, 2.05) is 0 Å². The highest BCUT2D eigenvalue weighted by Gasteiger charge is 2.32. The highest BCUT2D eigenvalue weighted by atomic mass is 16.5. The molecule has 1 aliphatic rings. The lowest BCUT2D eigenvalue weighted by atomic mass is 10.0. The van der Waals surface area contributed by atoms with E-state index in [1.54, 1.807) is 12.1 Å². The molecule has 0 unspecified atom stereocenters. The van der Waals surface area contributed by atoms with Gasteiger partial charge in [0, 0.05) is 12.1 Å². The van der Waals surface area contributed by atoms with E-state index in [4.69, 9.17) is 10.5 Å². The van der Waals surface area contributed by atoms with E-state index in [-0.39, 0.29) is 23.9 Å². The first-order chi connectivity index (χ1) is 9.60. The number of hydrogen-bond donors (Lipinski definition) is 3. The number of nitrogens with one attached hydrogen (secondary N) is 2. The number of rotatable bonds is 4. The zero-order chi connectivity index (χ0) is 14.5. The van der Waals surface area contributed by atoms with Crippen molar-refractivity contribution in [3.05, 3.63) is 18.3 Å². The standard InChI is InChI=1S/C13H18N4O3/c1-20-11-6-5-8(7-15-11)16-13(19)17-10-4-2-3-9(10)12(14)18/h5-7,9-10H,2-4H2,1H3,(H2,14,18)(H2,16,17,19)/t9-,10+/m0/s1. The number of amides is 3. The molecular weight excluding hydrogens is 260 g/mol. The van der Waals surface area contributed by atoms with Crippen LogP contribution in [0.4, 0.5) is 10.5 Å². The lowest BCUT2D eigenvalue weighted by Gasteiger charge is -2.18. The third-order valence-electron chi connectivity index (χ3n) is 3.40. The van der Waals surface area contributed by atoms with Gasteiger partial charge in [-0.15, -0.1) is 0 Å². The number of primary amides is 1. The zero-order valence-corrected chi connectivity index (χ0v) is 11.3. The maximum absolute atomic E-state index is 11.9. The molecule has 1 aromatic rings. The van der Waals surface area contributed by atoms with Gasteiger partial charge in [0.1, 0.15) is 0 Å². The van der Waals surface area contributed by atoms with Crippen molar-refractivity contribution in [2.75, 3.05) is 12.4 Å². The monoisotopic (exact) mass is 278 g/mol. The number of aromatic nitrogens is 1. The molecule has 1 heterocycles. The van der Waals surface area contributed by atoms with Crippen molar-refractivity contribution >= 4 is 17.6 Å². The highest BCUT2D eigenvalue weighted by Crippen LogP contribution is 2.25. The second-order valence-electron chi connectivity index (χ2n) is 4.73. The fourth-order valence-corrected chi connectivity index (χ4v) is 2.38. The van der Waals surface area contributed by atoms with Gasteiger partial charge in [-0.1, -0.05) is 6.42 Å². The minimum atomic E-state index is -0.366. The van der Waals surface area contributed by atoms with E-state index < -0.39 is 0 Å². The lowest BCUT2D eigenvalue weighted by molar-refractivity contribution is -0.122. The van der Waals surface area contributed by atoms with Crippen LogP contribution in [0.2, 0.25) is 0 Å². The molecule has 1 aromatic heterocycles. The Hall–Kier alpha value is -2.31. The summed E-state index contributed by atoms with van der Waals surface area (Å²) in [6, 6.07) is 2.78. The van der Waals surface area contributed by atoms with Crippen LogP contribution < -0.4 is 21.1 Å². The van der Waals surface area contributed by atoms with Crippen molar-refractivity contribution in [1.29, 1.82) is 0 Å². The summed E-state index contributed by atoms with van der Waals surface area (Å²) in [5.41, 5.74) is 5.87. The number of carbonyl (C=O) groups is 2. The van der Waals surface area contributed by atoms with E-state index in [0.717, 1.165) is 19.3 Å². The lowest BCUT2D eigenvalue weighted by Crippen LogP contribution is -2.44. The fraction of sp³-hybridized carbons (Fsp3) is 0.462. The summed E-state index contributed by atoms with van der Waals surface area (Å²) in [5.74, 6) is -0.172. The Morgan fingerprint density at radius 2 is 2.20 bits per heavy atom. The Morgan fingerprint density at radius 1 is 1.40 bits per heavy atom. The first-order valence-corrected chi connectivity index (χ1v) is 6.47. The van der Waals surface area contributed by atoms with Gasteiger partial charge in [0.25, 0.3) is 0 Å². The van der Waals surface area contributed by atoms with Gasteiger partial charge in [0.15, 0.2) is 0 Å². The highest BCUT2D eigenvalue weighted by molar-refractivity contribution is 5.90. The van der Waals surface area contributed by atoms with Gasteiger partial charge in [-0.05, 0) is 18.9 Å². The summed E-state index contributed by atoms with van der Waals surface area (Å²) in [6.07, 6.45) is 3.88. The first kappa shape index (κ1) is 14.1. The van der Waals surface area contributed by atoms with Crippen LogP contribution in [0.5, 0.6) is 5.88 Å². The number of urea groups is 1. The molecule has 7 heteroatoms. The fourth-order valence-electron chi connectivity index (χ4n) is 2.38. The molecule has 0 saturated heterocycles. The van der Waals surface area contributed by atoms with Gasteiger partial charge < -0.3 is 21.1 Å². The average Bonchev–Trinajstić information content (AvgIpc) is 2.87. The number of carbonyl (C=O) groups excluding carboxylic acids is 2. The minimum Gasteiger partial charge on any atom is -0.481 e. The molecule has 0 bridgehead atoms. The SMILES string of the molecule is COc1ccc(NC(=O)N[C@@H]2CCC[C@@H]2C(N)=O)cn1. The van der Waals surface area contributed by atoms with E-state index in [2.05, 4.69) is 15.6 Å². The molecule has 1 aliphatic carbocycles. The Balaban J connectivity index is 1.90. The molecular formula is C13H18N4O3. The Bertz CT molecular complexity index is 489. The van der Waals surface area contributed by atoms with Gasteiger partial charge in [-0.2, -0.15) is 0 Å². The maximum Gasteiger partial charge on any atom is 0.319 e. The number of methoxy groups -OCH3 is 1. The molecule has 0 aliphatic heterocycles. The molecule has 7 nitrogen and oxygen atoms in total. The van der Waals surface area contributed by atoms with Gasteiger partial charge in [-0.3, -0.25) is 4.79 Å². The number of hydrogen-bond acceptors (Lipinski definition) is 4. The Kier molecular flexibility index (Phi) is 4.39. The molecule has 3 amide bonds. The third-order valence-corrected chi connectivity index (χ3v) is 3.40. The number of pyridine rings is 1. The molecule has 0 spiro atoms. The van der Waals surface area contributed by atoms with Gasteiger partial charge in [0.05, 0.1) is 24.9 Å². The van der Waals surface area contributed by atoms with Crippen LogP contribution in [0, 0.1) is 5.92 Å². The second-order valence-corrected chi connectivity index (χ2v) is 4.73. The number of ether oxygens (including phenoxy) is 1. The second kappa shape index (κ2) is 6.23. The molecule has 20 heavy (non-hydrogen) atoms. The maximum atomic E-state index is 11.9. The number of anilines is 1. The van der Waals surface area contributed by atoms with Gasteiger partial charge in [-0.25, -0.2) is 9.78 Å². The van der Waals surface area contributed by atoms with Crippen molar-refractivity contribution in [3.63, 3.8) is 0 Å².